The number of pyridine rings is 1. The lowest BCUT2D eigenvalue weighted by molar-refractivity contribution is 0.300. The molecular weight excluding hydrogens is 264 g/mol. The molecule has 0 aliphatic heterocycles. The Hall–Kier alpha value is -1.13. The zero-order chi connectivity index (χ0) is 14.8. The summed E-state index contributed by atoms with van der Waals surface area (Å²) in [6.07, 6.45) is 2.65. The number of aromatic amines is 1. The summed E-state index contributed by atoms with van der Waals surface area (Å²) >= 11 is 0. The first-order valence-electron chi connectivity index (χ1n) is 7.70. The molecule has 110 valence electrons. The minimum absolute atomic E-state index is 0.204. The fourth-order valence-corrected chi connectivity index (χ4v) is 7.18. The van der Waals surface area contributed by atoms with Crippen LogP contribution in [0, 0.1) is 6.92 Å². The summed E-state index contributed by atoms with van der Waals surface area (Å²) in [5.74, 6) is 0. The highest BCUT2D eigenvalue weighted by Gasteiger charge is 2.33. The molecule has 0 unspecified atom stereocenters. The second-order valence-electron chi connectivity index (χ2n) is 5.70. The summed E-state index contributed by atoms with van der Waals surface area (Å²) in [5.41, 5.74) is 3.48. The van der Waals surface area contributed by atoms with E-state index in [2.05, 4.69) is 43.7 Å². The molecule has 4 heteroatoms. The molecule has 2 aromatic rings. The van der Waals surface area contributed by atoms with Crippen LogP contribution in [0.15, 0.2) is 12.3 Å². The molecule has 2 rings (SSSR count). The Morgan fingerprint density at radius 1 is 1.20 bits per heavy atom. The van der Waals surface area contributed by atoms with E-state index in [1.54, 1.807) is 0 Å². The zero-order valence-electron chi connectivity index (χ0n) is 13.1. The van der Waals surface area contributed by atoms with Gasteiger partial charge in [0.1, 0.15) is 13.7 Å². The van der Waals surface area contributed by atoms with Gasteiger partial charge in [0.2, 0.25) is 0 Å². The van der Waals surface area contributed by atoms with Crippen LogP contribution < -0.4 is 5.32 Å². The highest BCUT2D eigenvalue weighted by molar-refractivity contribution is 6.91. The molecule has 0 spiro atoms. The summed E-state index contributed by atoms with van der Waals surface area (Å²) in [6, 6.07) is 5.92. The monoisotopic (exact) mass is 290 g/mol. The van der Waals surface area contributed by atoms with Crippen molar-refractivity contribution >= 4 is 24.4 Å². The maximum absolute atomic E-state index is 9.46. The third-order valence-corrected chi connectivity index (χ3v) is 10.4. The molecule has 3 nitrogen and oxygen atoms in total. The predicted octanol–water partition coefficient (Wildman–Crippen LogP) is 3.12. The fraction of sp³-hybridized carbons (Fsp3) is 0.562. The SMILES string of the molecule is CC[Si](CC)(CC)c1[nH]c2ncc(C)cc2c1CCO. The van der Waals surface area contributed by atoms with Crippen LogP contribution in [0.4, 0.5) is 0 Å². The van der Waals surface area contributed by atoms with Gasteiger partial charge in [0.15, 0.2) is 0 Å². The van der Waals surface area contributed by atoms with Crippen molar-refractivity contribution in [3.8, 4) is 0 Å². The second-order valence-corrected chi connectivity index (χ2v) is 10.9. The summed E-state index contributed by atoms with van der Waals surface area (Å²) < 4.78 is 0. The van der Waals surface area contributed by atoms with Crippen molar-refractivity contribution in [1.82, 2.24) is 9.97 Å². The molecule has 0 fully saturated rings. The molecule has 0 aliphatic carbocycles. The normalized spacial score (nSPS) is 12.2. The Morgan fingerprint density at radius 3 is 2.40 bits per heavy atom. The number of nitrogens with zero attached hydrogens (tertiary/aromatic N) is 1. The van der Waals surface area contributed by atoms with Gasteiger partial charge < -0.3 is 10.1 Å². The summed E-state index contributed by atoms with van der Waals surface area (Å²) in [5, 5.41) is 12.1. The van der Waals surface area contributed by atoms with Gasteiger partial charge in [-0.2, -0.15) is 0 Å². The van der Waals surface area contributed by atoms with Gasteiger partial charge in [-0.1, -0.05) is 38.9 Å². The molecule has 20 heavy (non-hydrogen) atoms. The minimum atomic E-state index is -1.48. The maximum atomic E-state index is 9.46. The van der Waals surface area contributed by atoms with Crippen LogP contribution in [-0.2, 0) is 6.42 Å². The lowest BCUT2D eigenvalue weighted by Crippen LogP contribution is -2.48. The van der Waals surface area contributed by atoms with E-state index in [0.29, 0.717) is 0 Å². The van der Waals surface area contributed by atoms with E-state index in [4.69, 9.17) is 0 Å². The number of aliphatic hydroxyl groups excluding tert-OH is 1. The van der Waals surface area contributed by atoms with E-state index in [-0.39, 0.29) is 6.61 Å². The number of H-pyrrole nitrogens is 1. The molecule has 0 saturated heterocycles. The van der Waals surface area contributed by atoms with Crippen LogP contribution >= 0.6 is 0 Å². The molecule has 2 aromatic heterocycles. The third kappa shape index (κ3) is 2.42. The molecule has 0 bridgehead atoms. The predicted molar refractivity (Wildman–Crippen MR) is 88.5 cm³/mol. The first-order chi connectivity index (χ1) is 9.61. The molecule has 0 radical (unpaired) electrons. The highest BCUT2D eigenvalue weighted by atomic mass is 28.3. The topological polar surface area (TPSA) is 48.9 Å². The maximum Gasteiger partial charge on any atom is 0.137 e. The van der Waals surface area contributed by atoms with Gasteiger partial charge in [-0.3, -0.25) is 0 Å². The number of aromatic nitrogens is 2. The summed E-state index contributed by atoms with van der Waals surface area (Å²) in [7, 11) is -1.48. The number of fused-ring (bicyclic) bond motifs is 1. The Kier molecular flexibility index (Phi) is 4.65. The molecular formula is C16H26N2OSi. The zero-order valence-corrected chi connectivity index (χ0v) is 14.1. The molecule has 0 amide bonds. The molecule has 0 atom stereocenters. The van der Waals surface area contributed by atoms with Gasteiger partial charge in [0.05, 0.1) is 0 Å². The molecule has 0 aromatic carbocycles. The van der Waals surface area contributed by atoms with E-state index in [0.717, 1.165) is 12.1 Å². The van der Waals surface area contributed by atoms with Crippen molar-refractivity contribution in [1.29, 1.82) is 0 Å². The molecule has 0 saturated carbocycles. The summed E-state index contributed by atoms with van der Waals surface area (Å²) in [6.45, 7) is 9.21. The first-order valence-corrected chi connectivity index (χ1v) is 10.3. The summed E-state index contributed by atoms with van der Waals surface area (Å²) in [4.78, 5) is 8.16. The van der Waals surface area contributed by atoms with Crippen molar-refractivity contribution in [2.24, 2.45) is 0 Å². The van der Waals surface area contributed by atoms with E-state index < -0.39 is 8.07 Å². The van der Waals surface area contributed by atoms with Crippen molar-refractivity contribution < 1.29 is 5.11 Å². The Bertz CT molecular complexity index is 579. The quantitative estimate of drug-likeness (QED) is 0.803. The number of aryl methyl sites for hydroxylation is 1. The molecule has 2 N–H and O–H groups in total. The molecule has 0 aliphatic rings. The fourth-order valence-electron chi connectivity index (χ4n) is 3.33. The average molecular weight is 290 g/mol. The number of rotatable bonds is 6. The van der Waals surface area contributed by atoms with Gasteiger partial charge in [0, 0.05) is 23.5 Å². The van der Waals surface area contributed by atoms with Gasteiger partial charge >= 0.3 is 0 Å². The number of nitrogens with one attached hydrogen (secondary N) is 1. The van der Waals surface area contributed by atoms with Gasteiger partial charge in [-0.25, -0.2) is 4.98 Å². The van der Waals surface area contributed by atoms with Crippen molar-refractivity contribution in [2.45, 2.75) is 52.2 Å². The van der Waals surface area contributed by atoms with E-state index >= 15 is 0 Å². The van der Waals surface area contributed by atoms with Crippen LogP contribution in [0.1, 0.15) is 31.9 Å². The minimum Gasteiger partial charge on any atom is -0.396 e. The number of hydrogen-bond donors (Lipinski definition) is 2. The van der Waals surface area contributed by atoms with E-state index in [1.165, 1.54) is 40.0 Å². The number of aliphatic hydroxyl groups is 1. The first kappa shape index (κ1) is 15.3. The highest BCUT2D eigenvalue weighted by Crippen LogP contribution is 2.26. The standard InChI is InChI=1S/C16H26N2OSi/c1-5-20(6-2,7-3)16-13(8-9-19)14-10-12(4)11-17-15(14)18-16/h10-11,19H,5-9H2,1-4H3,(H,17,18). The second kappa shape index (κ2) is 6.10. The van der Waals surface area contributed by atoms with Gasteiger partial charge in [-0.15, -0.1) is 0 Å². The van der Waals surface area contributed by atoms with Crippen LogP contribution in [0.25, 0.3) is 11.0 Å². The van der Waals surface area contributed by atoms with Crippen molar-refractivity contribution in [3.05, 3.63) is 23.4 Å². The smallest absolute Gasteiger partial charge is 0.137 e. The third-order valence-electron chi connectivity index (χ3n) is 4.82. The Labute approximate surface area is 122 Å². The Balaban J connectivity index is 2.71. The lowest BCUT2D eigenvalue weighted by Gasteiger charge is -2.28. The van der Waals surface area contributed by atoms with Gasteiger partial charge in [-0.05, 0) is 30.5 Å². The van der Waals surface area contributed by atoms with Crippen LogP contribution in [0.5, 0.6) is 0 Å². The van der Waals surface area contributed by atoms with E-state index in [1.807, 2.05) is 6.20 Å². The van der Waals surface area contributed by atoms with Crippen LogP contribution in [-0.4, -0.2) is 29.8 Å². The van der Waals surface area contributed by atoms with Crippen molar-refractivity contribution in [2.75, 3.05) is 6.61 Å². The van der Waals surface area contributed by atoms with Gasteiger partial charge in [0.25, 0.3) is 0 Å². The van der Waals surface area contributed by atoms with Crippen molar-refractivity contribution in [3.63, 3.8) is 0 Å². The average Bonchev–Trinajstić information content (AvgIpc) is 2.81. The number of hydrogen-bond acceptors (Lipinski definition) is 2. The van der Waals surface area contributed by atoms with Crippen LogP contribution in [0.2, 0.25) is 18.1 Å². The lowest BCUT2D eigenvalue weighted by atomic mass is 10.1. The molecule has 2 heterocycles. The largest absolute Gasteiger partial charge is 0.396 e. The van der Waals surface area contributed by atoms with Crippen LogP contribution in [0.3, 0.4) is 0 Å². The van der Waals surface area contributed by atoms with E-state index in [9.17, 15) is 5.11 Å². The Morgan fingerprint density at radius 2 is 1.85 bits per heavy atom.